The van der Waals surface area contributed by atoms with E-state index in [9.17, 15) is 9.59 Å². The minimum absolute atomic E-state index is 0.0339. The second kappa shape index (κ2) is 6.39. The molecule has 0 radical (unpaired) electrons. The zero-order valence-corrected chi connectivity index (χ0v) is 16.8. The minimum Gasteiger partial charge on any atom is -0.364 e. The fraction of sp³-hybridized carbons (Fsp3) is 0.364. The molecule has 2 aliphatic rings. The molecule has 3 N–H and O–H groups in total. The van der Waals surface area contributed by atoms with Crippen LogP contribution in [0.5, 0.6) is 0 Å². The van der Waals surface area contributed by atoms with Crippen molar-refractivity contribution in [3.8, 4) is 11.3 Å². The van der Waals surface area contributed by atoms with Crippen molar-refractivity contribution in [3.05, 3.63) is 56.7 Å². The second-order valence-corrected chi connectivity index (χ2v) is 8.85. The number of carbonyl (C=O) groups excluding carboxylic acids is 1. The zero-order chi connectivity index (χ0) is 20.3. The summed E-state index contributed by atoms with van der Waals surface area (Å²) in [5, 5.41) is 0.829. The first-order chi connectivity index (χ1) is 13.9. The van der Waals surface area contributed by atoms with Crippen LogP contribution in [-0.2, 0) is 0 Å². The number of hydrogen-bond donors (Lipinski definition) is 2. The lowest BCUT2D eigenvalue weighted by Crippen LogP contribution is -2.41. The number of rotatable bonds is 3. The van der Waals surface area contributed by atoms with E-state index < -0.39 is 5.91 Å². The topological polar surface area (TPSA) is 102 Å². The molecule has 2 saturated carbocycles. The number of hydrogen-bond acceptors (Lipinski definition) is 4. The van der Waals surface area contributed by atoms with Crippen molar-refractivity contribution in [1.82, 2.24) is 15.0 Å². The molecule has 0 saturated heterocycles. The highest BCUT2D eigenvalue weighted by molar-refractivity contribution is 6.31. The van der Waals surface area contributed by atoms with E-state index in [-0.39, 0.29) is 16.5 Å². The molecule has 0 aromatic carbocycles. The van der Waals surface area contributed by atoms with Gasteiger partial charge in [-0.25, -0.2) is 0 Å². The molecule has 0 unspecified atom stereocenters. The maximum atomic E-state index is 12.7. The summed E-state index contributed by atoms with van der Waals surface area (Å²) < 4.78 is 0. The lowest BCUT2D eigenvalue weighted by molar-refractivity contribution is 0.00761. The van der Waals surface area contributed by atoms with Gasteiger partial charge in [0.15, 0.2) is 5.43 Å². The number of pyridine rings is 3. The molecule has 7 heteroatoms. The minimum atomic E-state index is -0.733. The van der Waals surface area contributed by atoms with Crippen molar-refractivity contribution < 1.29 is 4.79 Å². The van der Waals surface area contributed by atoms with Crippen LogP contribution in [0.25, 0.3) is 22.2 Å². The van der Waals surface area contributed by atoms with Gasteiger partial charge in [0.2, 0.25) is 0 Å². The Hall–Kier alpha value is -2.73. The number of nitrogens with zero attached hydrogens (tertiary/aromatic N) is 2. The normalized spacial score (nSPS) is 17.9. The summed E-state index contributed by atoms with van der Waals surface area (Å²) in [5.74, 6) is -0.306. The molecule has 29 heavy (non-hydrogen) atoms. The number of nitrogens with two attached hydrogens (primary N) is 1. The maximum absolute atomic E-state index is 12.7. The Balaban J connectivity index is 1.56. The van der Waals surface area contributed by atoms with Gasteiger partial charge in [0.1, 0.15) is 5.69 Å². The highest BCUT2D eigenvalue weighted by atomic mass is 35.5. The van der Waals surface area contributed by atoms with Gasteiger partial charge in [-0.1, -0.05) is 18.0 Å². The van der Waals surface area contributed by atoms with E-state index in [1.165, 1.54) is 44.4 Å². The molecule has 148 valence electrons. The van der Waals surface area contributed by atoms with Crippen molar-refractivity contribution in [2.75, 3.05) is 0 Å². The van der Waals surface area contributed by atoms with E-state index in [2.05, 4.69) is 9.97 Å². The molecule has 1 spiro atoms. The van der Waals surface area contributed by atoms with Crippen molar-refractivity contribution >= 4 is 28.4 Å². The first-order valence-corrected chi connectivity index (χ1v) is 10.2. The van der Waals surface area contributed by atoms with E-state index in [1.54, 1.807) is 6.07 Å². The SMILES string of the molecule is Cc1nc(C2CC3(CCC3)C2)c(Cl)cc1-c1cc(=O)c2c(C(N)=O)nccc2[nH]1. The van der Waals surface area contributed by atoms with Gasteiger partial charge in [-0.2, -0.15) is 0 Å². The number of aromatic nitrogens is 3. The number of H-pyrrole nitrogens is 1. The zero-order valence-electron chi connectivity index (χ0n) is 16.1. The quantitative estimate of drug-likeness (QED) is 0.681. The van der Waals surface area contributed by atoms with Crippen LogP contribution in [0.3, 0.4) is 0 Å². The summed E-state index contributed by atoms with van der Waals surface area (Å²) in [6.07, 6.45) is 7.81. The summed E-state index contributed by atoms with van der Waals surface area (Å²) in [4.78, 5) is 36.3. The van der Waals surface area contributed by atoms with Gasteiger partial charge in [0, 0.05) is 29.4 Å². The van der Waals surface area contributed by atoms with Gasteiger partial charge >= 0.3 is 0 Å². The van der Waals surface area contributed by atoms with Gasteiger partial charge in [0.05, 0.1) is 27.3 Å². The first-order valence-electron chi connectivity index (χ1n) is 9.86. The monoisotopic (exact) mass is 408 g/mol. The number of fused-ring (bicyclic) bond motifs is 1. The molecule has 2 aliphatic carbocycles. The molecular formula is C22H21ClN4O2. The predicted octanol–water partition coefficient (Wildman–Crippen LogP) is 4.09. The molecule has 6 nitrogen and oxygen atoms in total. The number of amides is 1. The van der Waals surface area contributed by atoms with Gasteiger partial charge in [-0.05, 0) is 50.2 Å². The number of halogens is 1. The van der Waals surface area contributed by atoms with E-state index in [0.717, 1.165) is 17.0 Å². The Labute approximate surface area is 172 Å². The molecule has 3 aromatic rings. The molecule has 0 bridgehead atoms. The summed E-state index contributed by atoms with van der Waals surface area (Å²) in [6.45, 7) is 1.93. The number of carbonyl (C=O) groups is 1. The summed E-state index contributed by atoms with van der Waals surface area (Å²) in [5.41, 5.74) is 9.22. The molecule has 2 fully saturated rings. The van der Waals surface area contributed by atoms with Gasteiger partial charge < -0.3 is 10.7 Å². The average molecular weight is 409 g/mol. The number of aromatic amines is 1. The number of primary amides is 1. The van der Waals surface area contributed by atoms with Crippen LogP contribution in [0.15, 0.2) is 29.2 Å². The Kier molecular flexibility index (Phi) is 4.03. The van der Waals surface area contributed by atoms with Crippen molar-refractivity contribution in [2.24, 2.45) is 11.1 Å². The van der Waals surface area contributed by atoms with Gasteiger partial charge in [0.25, 0.3) is 5.91 Å². The molecule has 0 aliphatic heterocycles. The Bertz CT molecular complexity index is 1220. The standard InChI is InChI=1S/C22H21ClN4O2/c1-11-13(7-14(23)19(26-11)12-9-22(10-12)4-2-5-22)16-8-17(28)18-15(27-16)3-6-25-20(18)21(24)29/h3,6-8,12H,2,4-5,9-10H2,1H3,(H2,24,29)(H,27,28). The molecule has 1 amide bonds. The Morgan fingerprint density at radius 3 is 2.72 bits per heavy atom. The predicted molar refractivity (Wildman–Crippen MR) is 112 cm³/mol. The third-order valence-electron chi connectivity index (χ3n) is 6.62. The van der Waals surface area contributed by atoms with Crippen molar-refractivity contribution in [2.45, 2.75) is 44.9 Å². The van der Waals surface area contributed by atoms with Crippen molar-refractivity contribution in [1.29, 1.82) is 0 Å². The molecule has 3 heterocycles. The van der Waals surface area contributed by atoms with Crippen LogP contribution in [0.1, 0.15) is 59.9 Å². The second-order valence-electron chi connectivity index (χ2n) is 8.44. The van der Waals surface area contributed by atoms with Crippen molar-refractivity contribution in [3.63, 3.8) is 0 Å². The lowest BCUT2D eigenvalue weighted by Gasteiger charge is -2.54. The summed E-state index contributed by atoms with van der Waals surface area (Å²) >= 11 is 6.61. The number of aryl methyl sites for hydroxylation is 1. The first kappa shape index (κ1) is 18.3. The Morgan fingerprint density at radius 2 is 2.07 bits per heavy atom. The van der Waals surface area contributed by atoms with Crippen LogP contribution >= 0.6 is 11.6 Å². The van der Waals surface area contributed by atoms with Gasteiger partial charge in [-0.3, -0.25) is 19.6 Å². The molecular weight excluding hydrogens is 388 g/mol. The van der Waals surface area contributed by atoms with E-state index >= 15 is 0 Å². The molecule has 5 rings (SSSR count). The highest BCUT2D eigenvalue weighted by Crippen LogP contribution is 2.62. The van der Waals surface area contributed by atoms with Crippen LogP contribution in [0.2, 0.25) is 5.02 Å². The average Bonchev–Trinajstić information content (AvgIpc) is 2.61. The van der Waals surface area contributed by atoms with Crippen LogP contribution in [-0.4, -0.2) is 20.9 Å². The van der Waals surface area contributed by atoms with E-state index in [4.69, 9.17) is 22.3 Å². The third-order valence-corrected chi connectivity index (χ3v) is 6.92. The fourth-order valence-electron chi connectivity index (χ4n) is 4.95. The Morgan fingerprint density at radius 1 is 1.31 bits per heavy atom. The van der Waals surface area contributed by atoms with Gasteiger partial charge in [-0.15, -0.1) is 0 Å². The number of nitrogens with one attached hydrogen (secondary N) is 1. The lowest BCUT2D eigenvalue weighted by atomic mass is 9.51. The van der Waals surface area contributed by atoms with Crippen LogP contribution in [0, 0.1) is 12.3 Å². The molecule has 3 aromatic heterocycles. The largest absolute Gasteiger partial charge is 0.364 e. The maximum Gasteiger partial charge on any atom is 0.268 e. The summed E-state index contributed by atoms with van der Waals surface area (Å²) in [6, 6.07) is 4.99. The van der Waals surface area contributed by atoms with E-state index in [0.29, 0.717) is 27.6 Å². The van der Waals surface area contributed by atoms with Crippen LogP contribution in [0.4, 0.5) is 0 Å². The highest BCUT2D eigenvalue weighted by Gasteiger charge is 2.49. The molecule has 0 atom stereocenters. The van der Waals surface area contributed by atoms with E-state index in [1.807, 2.05) is 13.0 Å². The smallest absolute Gasteiger partial charge is 0.268 e. The van der Waals surface area contributed by atoms with Crippen LogP contribution < -0.4 is 11.2 Å². The summed E-state index contributed by atoms with van der Waals surface area (Å²) in [7, 11) is 0. The fourth-order valence-corrected chi connectivity index (χ4v) is 5.26. The third kappa shape index (κ3) is 2.85.